The van der Waals surface area contributed by atoms with E-state index in [1.54, 1.807) is 0 Å². The van der Waals surface area contributed by atoms with Crippen LogP contribution in [0.2, 0.25) is 0 Å². The molecule has 0 aliphatic heterocycles. The van der Waals surface area contributed by atoms with Crippen molar-refractivity contribution in [3.8, 4) is 22.3 Å². The summed E-state index contributed by atoms with van der Waals surface area (Å²) in [6.07, 6.45) is 0. The number of furan rings is 1. The van der Waals surface area contributed by atoms with Gasteiger partial charge in [-0.05, 0) is 167 Å². The fraction of sp³-hybridized carbons (Fsp3) is 0.443. The predicted octanol–water partition coefficient (Wildman–Crippen LogP) is 29.6. The molecule has 0 spiro atoms. The molecule has 1 aliphatic rings. The largest absolute Gasteiger partial charge is 0.456 e. The van der Waals surface area contributed by atoms with Crippen LogP contribution >= 0.6 is 11.3 Å². The van der Waals surface area contributed by atoms with E-state index in [0.29, 0.717) is 0 Å². The van der Waals surface area contributed by atoms with E-state index in [2.05, 4.69) is 404 Å². The van der Waals surface area contributed by atoms with E-state index in [4.69, 9.17) is 4.42 Å². The lowest BCUT2D eigenvalue weighted by Gasteiger charge is -2.26. The van der Waals surface area contributed by atoms with Crippen LogP contribution in [0.3, 0.4) is 0 Å². The summed E-state index contributed by atoms with van der Waals surface area (Å²) in [7, 11) is 0. The zero-order chi connectivity index (χ0) is 74.0. The summed E-state index contributed by atoms with van der Waals surface area (Å²) in [4.78, 5) is 0. The molecule has 1 aliphatic carbocycles. The third-order valence-corrected chi connectivity index (χ3v) is 21.4. The molecule has 0 atom stereocenters. The fourth-order valence-electron chi connectivity index (χ4n) is 12.9. The van der Waals surface area contributed by atoms with Gasteiger partial charge in [-0.25, -0.2) is 0 Å². The van der Waals surface area contributed by atoms with Crippen LogP contribution in [0, 0.1) is 0 Å². The first kappa shape index (κ1) is 77.7. The van der Waals surface area contributed by atoms with Crippen LogP contribution in [-0.4, -0.2) is 0 Å². The topological polar surface area (TPSA) is 13.1 Å². The van der Waals surface area contributed by atoms with Crippen LogP contribution < -0.4 is 0 Å². The lowest BCUT2D eigenvalue weighted by atomic mass is 9.77. The Hall–Kier alpha value is -7.00. The lowest BCUT2D eigenvalue weighted by molar-refractivity contribution is 0.577. The van der Waals surface area contributed by atoms with E-state index in [-0.39, 0.29) is 59.6 Å². The Morgan fingerprint density at radius 1 is 0.222 bits per heavy atom. The number of hydrogen-bond acceptors (Lipinski definition) is 2. The number of hydrogen-bond donors (Lipinski definition) is 0. The number of benzene rings is 9. The summed E-state index contributed by atoms with van der Waals surface area (Å²) in [5.41, 5.74) is 26.3. The number of thiophene rings is 1. The molecular weight excluding hydrogens is 1210 g/mol. The lowest BCUT2D eigenvalue weighted by Crippen LogP contribution is -2.19. The molecule has 0 fully saturated rings. The van der Waals surface area contributed by atoms with Gasteiger partial charge in [0, 0.05) is 36.4 Å². The van der Waals surface area contributed by atoms with Crippen molar-refractivity contribution < 1.29 is 4.42 Å². The minimum atomic E-state index is 0.0766. The first-order chi connectivity index (χ1) is 45.1. The third-order valence-electron chi connectivity index (χ3n) is 20.3. The van der Waals surface area contributed by atoms with Gasteiger partial charge >= 0.3 is 0 Å². The van der Waals surface area contributed by atoms with Crippen molar-refractivity contribution in [3.63, 3.8) is 0 Å². The average Bonchev–Trinajstić information content (AvgIpc) is 1.57. The molecule has 0 unspecified atom stereocenters. The van der Waals surface area contributed by atoms with Gasteiger partial charge in [0.15, 0.2) is 0 Å². The van der Waals surface area contributed by atoms with E-state index in [0.717, 1.165) is 11.2 Å². The summed E-state index contributed by atoms with van der Waals surface area (Å²) in [5.74, 6) is 0. The molecule has 0 radical (unpaired) electrons. The van der Waals surface area contributed by atoms with E-state index in [9.17, 15) is 0 Å². The van der Waals surface area contributed by atoms with Gasteiger partial charge in [-0.2, -0.15) is 0 Å². The van der Waals surface area contributed by atoms with Crippen molar-refractivity contribution in [1.29, 1.82) is 0 Å². The van der Waals surface area contributed by atoms with Crippen LogP contribution in [0.4, 0.5) is 0 Å². The van der Waals surface area contributed by atoms with Crippen molar-refractivity contribution in [2.45, 2.75) is 281 Å². The number of fused-ring (bicyclic) bond motifs is 9. The van der Waals surface area contributed by atoms with Gasteiger partial charge < -0.3 is 4.42 Å². The van der Waals surface area contributed by atoms with E-state index < -0.39 is 0 Å². The monoisotopic (exact) mass is 1340 g/mol. The average molecular weight is 1340 g/mol. The standard InChI is InChI=1S/C23H30.C20H24O.C20H24S.C20H26.C14H22/c1-21(2,3)15-9-11-17-18-12-10-16(22(4,5)6)14-20(18)23(7,8)19(17)13-15;2*1-19(2,3)13-7-9-15-16-10-8-14(20(4,5)6)12-18(16)21-17(15)11-13;1-19(2,3)17-11-7-15(8-12-17)16-9-13-18(14-10-16)20(4,5)6;1-13(2,3)11-7-9-12(10-8-11)14(4,5)6/h9-14H,1-8H3;2*7-12H,1-6H3;7-14H,1-6H3;7-10H,1-6H3. The summed E-state index contributed by atoms with van der Waals surface area (Å²) >= 11 is 1.92. The van der Waals surface area contributed by atoms with Gasteiger partial charge in [-0.1, -0.05) is 379 Å². The molecule has 0 amide bonds. The molecular formula is C97H126OS. The minimum Gasteiger partial charge on any atom is -0.456 e. The summed E-state index contributed by atoms with van der Waals surface area (Å²) in [5, 5.41) is 5.20. The molecule has 11 aromatic rings. The Bertz CT molecular complexity index is 4160. The third kappa shape index (κ3) is 18.6. The SMILES string of the molecule is CC(C)(C)c1ccc(-c2ccc(C(C)(C)C)cc2)cc1.CC(C)(C)c1ccc(C(C)(C)C)cc1.CC(C)(C)c1ccc2c(c1)C(C)(C)c1cc(C(C)(C)C)ccc1-2.CC(C)(C)c1ccc2c(c1)oc1cc(C(C)(C)C)ccc12.CC(C)(C)c1ccc2c(c1)sc1cc(C(C)(C)C)ccc12. The summed E-state index contributed by atoms with van der Waals surface area (Å²) in [6, 6.07) is 68.1. The zero-order valence-electron chi connectivity index (χ0n) is 67.6. The molecule has 1 nitrogen and oxygen atoms in total. The summed E-state index contributed by atoms with van der Waals surface area (Å²) in [6.45, 7) is 72.5. The molecule has 526 valence electrons. The molecule has 2 heteroatoms. The van der Waals surface area contributed by atoms with Gasteiger partial charge in [0.25, 0.3) is 0 Å². The molecule has 0 N–H and O–H groups in total. The number of rotatable bonds is 1. The van der Waals surface area contributed by atoms with Gasteiger partial charge in [-0.3, -0.25) is 0 Å². The van der Waals surface area contributed by atoms with Crippen LogP contribution in [-0.2, 0) is 59.6 Å². The Kier molecular flexibility index (Phi) is 21.8. The second kappa shape index (κ2) is 27.7. The van der Waals surface area contributed by atoms with Gasteiger partial charge in [0.05, 0.1) is 0 Å². The molecule has 99 heavy (non-hydrogen) atoms. The molecule has 0 saturated carbocycles. The highest BCUT2D eigenvalue weighted by Crippen LogP contribution is 2.51. The normalized spacial score (nSPS) is 13.7. The maximum absolute atomic E-state index is 6.12. The maximum atomic E-state index is 6.12. The van der Waals surface area contributed by atoms with Crippen molar-refractivity contribution >= 4 is 53.4 Å². The molecule has 0 bridgehead atoms. The maximum Gasteiger partial charge on any atom is 0.135 e. The second-order valence-electron chi connectivity index (χ2n) is 39.4. The van der Waals surface area contributed by atoms with Crippen molar-refractivity contribution in [2.24, 2.45) is 0 Å². The highest BCUT2D eigenvalue weighted by atomic mass is 32.1. The Morgan fingerprint density at radius 2 is 0.424 bits per heavy atom. The van der Waals surface area contributed by atoms with Gasteiger partial charge in [-0.15, -0.1) is 11.3 Å². The van der Waals surface area contributed by atoms with E-state index in [1.165, 1.54) is 120 Å². The van der Waals surface area contributed by atoms with Gasteiger partial charge in [0.2, 0.25) is 0 Å². The minimum absolute atomic E-state index is 0.0766. The van der Waals surface area contributed by atoms with Crippen molar-refractivity contribution in [1.82, 2.24) is 0 Å². The second-order valence-corrected chi connectivity index (χ2v) is 40.5. The molecule has 2 aromatic heterocycles. The Balaban J connectivity index is 0.000000159. The van der Waals surface area contributed by atoms with Crippen LogP contribution in [0.5, 0.6) is 0 Å². The summed E-state index contributed by atoms with van der Waals surface area (Å²) < 4.78 is 8.94. The fourth-order valence-corrected chi connectivity index (χ4v) is 14.1. The zero-order valence-corrected chi connectivity index (χ0v) is 68.5. The quantitative estimate of drug-likeness (QED) is 0.160. The highest BCUT2D eigenvalue weighted by Gasteiger charge is 2.37. The molecule has 9 aromatic carbocycles. The van der Waals surface area contributed by atoms with Crippen molar-refractivity contribution in [2.75, 3.05) is 0 Å². The van der Waals surface area contributed by atoms with Crippen molar-refractivity contribution in [3.05, 3.63) is 249 Å². The first-order valence-electron chi connectivity index (χ1n) is 36.7. The Labute approximate surface area is 606 Å². The predicted molar refractivity (Wildman–Crippen MR) is 442 cm³/mol. The first-order valence-corrected chi connectivity index (χ1v) is 37.5. The van der Waals surface area contributed by atoms with E-state index in [1.807, 2.05) is 11.3 Å². The van der Waals surface area contributed by atoms with Crippen LogP contribution in [0.1, 0.15) is 288 Å². The molecule has 12 rings (SSSR count). The molecule has 2 heterocycles. The van der Waals surface area contributed by atoms with Gasteiger partial charge in [0.1, 0.15) is 11.2 Å². The van der Waals surface area contributed by atoms with Crippen LogP contribution in [0.15, 0.2) is 186 Å². The Morgan fingerprint density at radius 3 is 0.677 bits per heavy atom. The smallest absolute Gasteiger partial charge is 0.135 e. The van der Waals surface area contributed by atoms with Crippen LogP contribution in [0.25, 0.3) is 64.4 Å². The van der Waals surface area contributed by atoms with E-state index >= 15 is 0 Å². The molecule has 0 saturated heterocycles. The highest BCUT2D eigenvalue weighted by molar-refractivity contribution is 7.25.